The molecule has 1 aliphatic heterocycles. The lowest BCUT2D eigenvalue weighted by Crippen LogP contribution is -2.39. The molecule has 1 aliphatic rings. The summed E-state index contributed by atoms with van der Waals surface area (Å²) < 4.78 is 14.5. The molecule has 168 valence electrons. The van der Waals surface area contributed by atoms with Gasteiger partial charge in [-0.15, -0.1) is 0 Å². The van der Waals surface area contributed by atoms with Crippen molar-refractivity contribution in [3.8, 4) is 11.1 Å². The van der Waals surface area contributed by atoms with Crippen molar-refractivity contribution < 1.29 is 14.0 Å². The number of nitrogens with zero attached hydrogens (tertiary/aromatic N) is 1. The Hall–Kier alpha value is -3.77. The van der Waals surface area contributed by atoms with Gasteiger partial charge in [-0.2, -0.15) is 0 Å². The number of rotatable bonds is 3. The average Bonchev–Trinajstić information content (AvgIpc) is 3.00. The van der Waals surface area contributed by atoms with E-state index in [4.69, 9.17) is 0 Å². The fourth-order valence-electron chi connectivity index (χ4n) is 4.27. The first-order valence-corrected chi connectivity index (χ1v) is 11.6. The van der Waals surface area contributed by atoms with Gasteiger partial charge in [0.1, 0.15) is 12.4 Å². The Balaban J connectivity index is 1.58. The second-order valence-electron chi connectivity index (χ2n) is 8.11. The van der Waals surface area contributed by atoms with E-state index in [-0.39, 0.29) is 24.2 Å². The molecule has 4 nitrogen and oxygen atoms in total. The molecule has 1 atom stereocenters. The zero-order chi connectivity index (χ0) is 23.7. The molecular formula is C28H20BrFN2O2. The number of fused-ring (bicyclic) bond motifs is 1. The quantitative estimate of drug-likeness (QED) is 0.342. The Morgan fingerprint density at radius 3 is 2.26 bits per heavy atom. The molecule has 0 saturated carbocycles. The highest BCUT2D eigenvalue weighted by molar-refractivity contribution is 9.10. The molecule has 0 fully saturated rings. The lowest BCUT2D eigenvalue weighted by molar-refractivity contribution is -0.117. The average molecular weight is 515 g/mol. The Morgan fingerprint density at radius 1 is 0.882 bits per heavy atom. The number of halogens is 2. The van der Waals surface area contributed by atoms with Crippen molar-refractivity contribution in [2.24, 2.45) is 0 Å². The van der Waals surface area contributed by atoms with Crippen molar-refractivity contribution in [1.29, 1.82) is 0 Å². The minimum absolute atomic E-state index is 0.131. The van der Waals surface area contributed by atoms with E-state index in [0.717, 1.165) is 21.2 Å². The van der Waals surface area contributed by atoms with Crippen LogP contribution in [0.1, 0.15) is 27.5 Å². The van der Waals surface area contributed by atoms with E-state index in [2.05, 4.69) is 21.2 Å². The summed E-state index contributed by atoms with van der Waals surface area (Å²) in [6, 6.07) is 28.2. The number of nitrogens with one attached hydrogen (secondary N) is 1. The largest absolute Gasteiger partial charge is 0.324 e. The van der Waals surface area contributed by atoms with E-state index >= 15 is 0 Å². The van der Waals surface area contributed by atoms with Gasteiger partial charge in [-0.1, -0.05) is 70.5 Å². The van der Waals surface area contributed by atoms with Crippen LogP contribution in [0.5, 0.6) is 0 Å². The van der Waals surface area contributed by atoms with Gasteiger partial charge >= 0.3 is 0 Å². The second-order valence-corrected chi connectivity index (χ2v) is 9.03. The predicted octanol–water partition coefficient (Wildman–Crippen LogP) is 6.44. The van der Waals surface area contributed by atoms with Gasteiger partial charge in [-0.05, 0) is 59.2 Å². The number of amides is 2. The molecular weight excluding hydrogens is 495 g/mol. The molecule has 0 aromatic heterocycles. The van der Waals surface area contributed by atoms with Crippen molar-refractivity contribution in [3.05, 3.63) is 124 Å². The normalized spacial score (nSPS) is 15.3. The summed E-state index contributed by atoms with van der Waals surface area (Å²) in [6.45, 7) is -0.131. The van der Waals surface area contributed by atoms with E-state index in [1.54, 1.807) is 35.2 Å². The SMILES string of the molecule is O=C1CN(C(=O)c2ccc(-c3ccccc3)cc2)C(c2ccc(F)cc2)c2cc(Br)ccc2N1. The van der Waals surface area contributed by atoms with Crippen LogP contribution in [-0.2, 0) is 4.79 Å². The lowest BCUT2D eigenvalue weighted by Gasteiger charge is -2.31. The number of carbonyl (C=O) groups excluding carboxylic acids is 2. The maximum absolute atomic E-state index is 13.8. The molecule has 0 saturated heterocycles. The van der Waals surface area contributed by atoms with Gasteiger partial charge in [0.05, 0.1) is 6.04 Å². The molecule has 6 heteroatoms. The lowest BCUT2D eigenvalue weighted by atomic mass is 9.95. The molecule has 0 spiro atoms. The summed E-state index contributed by atoms with van der Waals surface area (Å²) >= 11 is 3.50. The molecule has 1 N–H and O–H groups in total. The molecule has 4 aromatic carbocycles. The Kier molecular flexibility index (Phi) is 5.99. The highest BCUT2D eigenvalue weighted by Crippen LogP contribution is 2.38. The van der Waals surface area contributed by atoms with Crippen molar-refractivity contribution in [1.82, 2.24) is 4.90 Å². The fourth-order valence-corrected chi connectivity index (χ4v) is 4.65. The number of hydrogen-bond acceptors (Lipinski definition) is 2. The van der Waals surface area contributed by atoms with Gasteiger partial charge in [0.15, 0.2) is 0 Å². The smallest absolute Gasteiger partial charge is 0.255 e. The van der Waals surface area contributed by atoms with Crippen LogP contribution in [-0.4, -0.2) is 23.3 Å². The molecule has 34 heavy (non-hydrogen) atoms. The van der Waals surface area contributed by atoms with Crippen LogP contribution in [0.15, 0.2) is 102 Å². The number of benzene rings is 4. The minimum Gasteiger partial charge on any atom is -0.324 e. The van der Waals surface area contributed by atoms with E-state index in [0.29, 0.717) is 16.8 Å². The maximum Gasteiger partial charge on any atom is 0.255 e. The van der Waals surface area contributed by atoms with Crippen LogP contribution in [0.2, 0.25) is 0 Å². The number of carbonyl (C=O) groups is 2. The molecule has 5 rings (SSSR count). The summed E-state index contributed by atoms with van der Waals surface area (Å²) in [5.74, 6) is -0.935. The van der Waals surface area contributed by atoms with Gasteiger partial charge < -0.3 is 10.2 Å². The van der Waals surface area contributed by atoms with Gasteiger partial charge in [0.2, 0.25) is 5.91 Å². The zero-order valence-corrected chi connectivity index (χ0v) is 19.6. The van der Waals surface area contributed by atoms with Crippen LogP contribution in [0, 0.1) is 5.82 Å². The Bertz CT molecular complexity index is 1360. The van der Waals surface area contributed by atoms with E-state index in [1.165, 1.54) is 12.1 Å². The van der Waals surface area contributed by atoms with Gasteiger partial charge in [-0.25, -0.2) is 4.39 Å². The topological polar surface area (TPSA) is 49.4 Å². The summed E-state index contributed by atoms with van der Waals surface area (Å²) in [5, 5.41) is 2.90. The monoisotopic (exact) mass is 514 g/mol. The van der Waals surface area contributed by atoms with E-state index < -0.39 is 6.04 Å². The first-order chi connectivity index (χ1) is 16.5. The Labute approximate surface area is 205 Å². The molecule has 0 bridgehead atoms. The fraction of sp³-hybridized carbons (Fsp3) is 0.0714. The van der Waals surface area contributed by atoms with Gasteiger partial charge in [0, 0.05) is 21.3 Å². The number of hydrogen-bond donors (Lipinski definition) is 1. The van der Waals surface area contributed by atoms with Gasteiger partial charge in [-0.3, -0.25) is 9.59 Å². The molecule has 4 aromatic rings. The van der Waals surface area contributed by atoms with Gasteiger partial charge in [0.25, 0.3) is 5.91 Å². The van der Waals surface area contributed by atoms with Crippen molar-refractivity contribution in [2.75, 3.05) is 11.9 Å². The summed E-state index contributed by atoms with van der Waals surface area (Å²) in [7, 11) is 0. The van der Waals surface area contributed by atoms with Crippen LogP contribution in [0.3, 0.4) is 0 Å². The first-order valence-electron chi connectivity index (χ1n) is 10.8. The second kappa shape index (κ2) is 9.23. The van der Waals surface area contributed by atoms with E-state index in [9.17, 15) is 14.0 Å². The van der Waals surface area contributed by atoms with Crippen LogP contribution >= 0.6 is 15.9 Å². The highest BCUT2D eigenvalue weighted by atomic mass is 79.9. The highest BCUT2D eigenvalue weighted by Gasteiger charge is 2.34. The zero-order valence-electron chi connectivity index (χ0n) is 18.0. The third-order valence-corrected chi connectivity index (χ3v) is 6.39. The molecule has 0 aliphatic carbocycles. The Morgan fingerprint density at radius 2 is 1.56 bits per heavy atom. The number of anilines is 1. The van der Waals surface area contributed by atoms with Crippen molar-refractivity contribution in [3.63, 3.8) is 0 Å². The standard InChI is InChI=1S/C28H20BrFN2O2/c29-22-12-15-25-24(16-22)27(20-10-13-23(30)14-11-20)32(17-26(33)31-25)28(34)21-8-6-19(7-9-21)18-4-2-1-3-5-18/h1-16,27H,17H2,(H,31,33). The minimum atomic E-state index is -0.576. The van der Waals surface area contributed by atoms with Crippen LogP contribution < -0.4 is 5.32 Å². The molecule has 1 unspecified atom stereocenters. The van der Waals surface area contributed by atoms with Crippen molar-refractivity contribution >= 4 is 33.4 Å². The summed E-state index contributed by atoms with van der Waals surface area (Å²) in [5.41, 5.74) is 4.61. The first kappa shape index (κ1) is 22.0. The summed E-state index contributed by atoms with van der Waals surface area (Å²) in [4.78, 5) is 28.1. The maximum atomic E-state index is 13.8. The third kappa shape index (κ3) is 4.37. The third-order valence-electron chi connectivity index (χ3n) is 5.89. The van der Waals surface area contributed by atoms with Crippen LogP contribution in [0.25, 0.3) is 11.1 Å². The van der Waals surface area contributed by atoms with Crippen LogP contribution in [0.4, 0.5) is 10.1 Å². The molecule has 1 heterocycles. The molecule has 0 radical (unpaired) electrons. The van der Waals surface area contributed by atoms with E-state index in [1.807, 2.05) is 54.6 Å². The summed E-state index contributed by atoms with van der Waals surface area (Å²) in [6.07, 6.45) is 0. The van der Waals surface area contributed by atoms with Crippen molar-refractivity contribution in [2.45, 2.75) is 6.04 Å². The predicted molar refractivity (Wildman–Crippen MR) is 134 cm³/mol. The molecule has 2 amide bonds.